The van der Waals surface area contributed by atoms with Crippen molar-refractivity contribution in [1.82, 2.24) is 5.43 Å². The Hall–Kier alpha value is -3.65. The first-order valence-corrected chi connectivity index (χ1v) is 12.7. The van der Waals surface area contributed by atoms with Crippen LogP contribution in [0.25, 0.3) is 0 Å². The molecular weight excluding hydrogens is 450 g/mol. The van der Waals surface area contributed by atoms with E-state index in [9.17, 15) is 13.2 Å². The number of nitrogens with zero attached hydrogens (tertiary/aromatic N) is 2. The molecule has 0 spiro atoms. The first kappa shape index (κ1) is 25.0. The number of sulfonamides is 1. The predicted octanol–water partition coefficient (Wildman–Crippen LogP) is 4.91. The van der Waals surface area contributed by atoms with Gasteiger partial charge in [0, 0.05) is 0 Å². The quantitative estimate of drug-likeness (QED) is 0.349. The fourth-order valence-corrected chi connectivity index (χ4v) is 4.50. The average molecular weight is 480 g/mol. The van der Waals surface area contributed by atoms with E-state index < -0.39 is 22.0 Å². The summed E-state index contributed by atoms with van der Waals surface area (Å²) in [5.74, 6) is 1.09. The number of anilines is 1. The van der Waals surface area contributed by atoms with Crippen molar-refractivity contribution in [2.24, 2.45) is 5.10 Å². The zero-order chi connectivity index (χ0) is 24.7. The average Bonchev–Trinajstić information content (AvgIpc) is 2.80. The number of ether oxygens (including phenoxy) is 1. The van der Waals surface area contributed by atoms with Crippen LogP contribution >= 0.6 is 0 Å². The first-order chi connectivity index (χ1) is 16.1. The number of nitrogens with one attached hydrogen (secondary N) is 1. The molecule has 0 unspecified atom stereocenters. The van der Waals surface area contributed by atoms with Gasteiger partial charge in [-0.15, -0.1) is 0 Å². The standard InChI is InChI=1S/C26H29N3O4S/c1-19(2)22-12-10-21(11-13-22)18-27-28-26(30)20(3)29(34(4,31)32)23-14-16-25(17-15-23)33-24-8-6-5-7-9-24/h5-20H,1-4H3,(H,28,30)/b27-18-/t20-/m0/s1. The smallest absolute Gasteiger partial charge is 0.263 e. The van der Waals surface area contributed by atoms with E-state index in [1.165, 1.54) is 18.7 Å². The van der Waals surface area contributed by atoms with Gasteiger partial charge in [-0.05, 0) is 60.4 Å². The normalized spacial score (nSPS) is 12.5. The monoisotopic (exact) mass is 479 g/mol. The van der Waals surface area contributed by atoms with Crippen LogP contribution in [0.2, 0.25) is 0 Å². The van der Waals surface area contributed by atoms with Gasteiger partial charge < -0.3 is 4.74 Å². The van der Waals surface area contributed by atoms with Gasteiger partial charge in [-0.25, -0.2) is 13.8 Å². The minimum absolute atomic E-state index is 0.346. The van der Waals surface area contributed by atoms with Crippen molar-refractivity contribution >= 4 is 27.8 Å². The molecule has 0 aliphatic heterocycles. The van der Waals surface area contributed by atoms with Gasteiger partial charge in [0.15, 0.2) is 0 Å². The zero-order valence-corrected chi connectivity index (χ0v) is 20.5. The molecule has 0 bridgehead atoms. The third-order valence-electron chi connectivity index (χ3n) is 5.15. The third-order valence-corrected chi connectivity index (χ3v) is 6.39. The van der Waals surface area contributed by atoms with Crippen molar-refractivity contribution < 1.29 is 17.9 Å². The zero-order valence-electron chi connectivity index (χ0n) is 19.7. The summed E-state index contributed by atoms with van der Waals surface area (Å²) in [6, 6.07) is 22.6. The first-order valence-electron chi connectivity index (χ1n) is 10.9. The summed E-state index contributed by atoms with van der Waals surface area (Å²) in [6.45, 7) is 5.74. The summed E-state index contributed by atoms with van der Waals surface area (Å²) in [7, 11) is -3.74. The lowest BCUT2D eigenvalue weighted by molar-refractivity contribution is -0.121. The second-order valence-electron chi connectivity index (χ2n) is 8.20. The van der Waals surface area contributed by atoms with Crippen molar-refractivity contribution in [2.45, 2.75) is 32.7 Å². The van der Waals surface area contributed by atoms with Crippen LogP contribution < -0.4 is 14.5 Å². The summed E-state index contributed by atoms with van der Waals surface area (Å²) < 4.78 is 31.8. The van der Waals surface area contributed by atoms with Gasteiger partial charge in [-0.1, -0.05) is 56.3 Å². The molecule has 3 aromatic carbocycles. The molecule has 34 heavy (non-hydrogen) atoms. The Balaban J connectivity index is 1.70. The number of rotatable bonds is 9. The fourth-order valence-electron chi connectivity index (χ4n) is 3.33. The maximum absolute atomic E-state index is 12.7. The molecule has 1 atom stereocenters. The van der Waals surface area contributed by atoms with E-state index in [2.05, 4.69) is 24.4 Å². The molecule has 0 heterocycles. The molecule has 0 aliphatic rings. The van der Waals surface area contributed by atoms with Gasteiger partial charge in [0.05, 0.1) is 18.2 Å². The molecule has 1 N–H and O–H groups in total. The molecule has 3 aromatic rings. The Kier molecular flexibility index (Phi) is 8.07. The minimum atomic E-state index is -3.74. The number of carbonyl (C=O) groups is 1. The number of hydrogen-bond donors (Lipinski definition) is 1. The van der Waals surface area contributed by atoms with Crippen LogP contribution in [0.4, 0.5) is 5.69 Å². The largest absolute Gasteiger partial charge is 0.457 e. The lowest BCUT2D eigenvalue weighted by Gasteiger charge is -2.27. The molecule has 3 rings (SSSR count). The fraction of sp³-hybridized carbons (Fsp3) is 0.231. The van der Waals surface area contributed by atoms with E-state index >= 15 is 0 Å². The Labute approximate surface area is 201 Å². The summed E-state index contributed by atoms with van der Waals surface area (Å²) in [5, 5.41) is 3.99. The lowest BCUT2D eigenvalue weighted by Crippen LogP contribution is -2.46. The van der Waals surface area contributed by atoms with Gasteiger partial charge in [-0.3, -0.25) is 9.10 Å². The highest BCUT2D eigenvalue weighted by Crippen LogP contribution is 2.27. The summed E-state index contributed by atoms with van der Waals surface area (Å²) in [6.07, 6.45) is 2.58. The van der Waals surface area contributed by atoms with Gasteiger partial charge >= 0.3 is 0 Å². The summed E-state index contributed by atoms with van der Waals surface area (Å²) in [4.78, 5) is 12.7. The maximum atomic E-state index is 12.7. The molecule has 0 fully saturated rings. The topological polar surface area (TPSA) is 88.1 Å². The van der Waals surface area contributed by atoms with Crippen LogP contribution in [0.3, 0.4) is 0 Å². The molecular formula is C26H29N3O4S. The molecule has 0 radical (unpaired) electrons. The SMILES string of the molecule is CC(C)c1ccc(/C=N\NC(=O)[C@H](C)N(c2ccc(Oc3ccccc3)cc2)S(C)(=O)=O)cc1. The second kappa shape index (κ2) is 11.0. The van der Waals surface area contributed by atoms with E-state index in [-0.39, 0.29) is 0 Å². The van der Waals surface area contributed by atoms with E-state index in [4.69, 9.17) is 4.74 Å². The number of hydrazone groups is 1. The van der Waals surface area contributed by atoms with Crippen molar-refractivity contribution in [1.29, 1.82) is 0 Å². The highest BCUT2D eigenvalue weighted by Gasteiger charge is 2.29. The highest BCUT2D eigenvalue weighted by atomic mass is 32.2. The minimum Gasteiger partial charge on any atom is -0.457 e. The Morgan fingerprint density at radius 3 is 2.06 bits per heavy atom. The van der Waals surface area contributed by atoms with E-state index in [0.29, 0.717) is 23.1 Å². The van der Waals surface area contributed by atoms with Crippen molar-refractivity contribution in [3.8, 4) is 11.5 Å². The van der Waals surface area contributed by atoms with Gasteiger partial charge in [0.25, 0.3) is 5.91 Å². The van der Waals surface area contributed by atoms with Crippen LogP contribution in [-0.4, -0.2) is 32.8 Å². The van der Waals surface area contributed by atoms with Crippen molar-refractivity contribution in [3.05, 3.63) is 90.0 Å². The number of carbonyl (C=O) groups excluding carboxylic acids is 1. The molecule has 0 saturated heterocycles. The number of amides is 1. The van der Waals surface area contributed by atoms with Crippen molar-refractivity contribution in [2.75, 3.05) is 10.6 Å². The molecule has 0 aromatic heterocycles. The number of benzene rings is 3. The number of para-hydroxylation sites is 1. The van der Waals surface area contributed by atoms with Crippen LogP contribution in [0.15, 0.2) is 84.0 Å². The summed E-state index contributed by atoms with van der Waals surface area (Å²) in [5.41, 5.74) is 4.81. The molecule has 0 aliphatic carbocycles. The maximum Gasteiger partial charge on any atom is 0.263 e. The molecule has 7 nitrogen and oxygen atoms in total. The van der Waals surface area contributed by atoms with Crippen LogP contribution in [0.1, 0.15) is 37.8 Å². The Bertz CT molecular complexity index is 1220. The van der Waals surface area contributed by atoms with Crippen LogP contribution in [0, 0.1) is 0 Å². The van der Waals surface area contributed by atoms with E-state index in [0.717, 1.165) is 16.1 Å². The Morgan fingerprint density at radius 1 is 0.912 bits per heavy atom. The van der Waals surface area contributed by atoms with Gasteiger partial charge in [0.2, 0.25) is 10.0 Å². The van der Waals surface area contributed by atoms with Crippen molar-refractivity contribution in [3.63, 3.8) is 0 Å². The number of hydrogen-bond acceptors (Lipinski definition) is 5. The molecule has 178 valence electrons. The molecule has 0 saturated carbocycles. The molecule has 8 heteroatoms. The van der Waals surface area contributed by atoms with Gasteiger partial charge in [-0.2, -0.15) is 5.10 Å². The Morgan fingerprint density at radius 2 is 1.50 bits per heavy atom. The van der Waals surface area contributed by atoms with Crippen LogP contribution in [-0.2, 0) is 14.8 Å². The highest BCUT2D eigenvalue weighted by molar-refractivity contribution is 7.92. The third kappa shape index (κ3) is 6.68. The summed E-state index contributed by atoms with van der Waals surface area (Å²) >= 11 is 0. The second-order valence-corrected chi connectivity index (χ2v) is 10.1. The predicted molar refractivity (Wildman–Crippen MR) is 136 cm³/mol. The van der Waals surface area contributed by atoms with E-state index in [1.54, 1.807) is 24.3 Å². The van der Waals surface area contributed by atoms with Gasteiger partial charge in [0.1, 0.15) is 17.5 Å². The lowest BCUT2D eigenvalue weighted by atomic mass is 10.0. The van der Waals surface area contributed by atoms with E-state index in [1.807, 2.05) is 54.6 Å². The molecule has 1 amide bonds. The van der Waals surface area contributed by atoms with Crippen LogP contribution in [0.5, 0.6) is 11.5 Å².